The van der Waals surface area contributed by atoms with E-state index in [9.17, 15) is 9.59 Å². The molecule has 31 heavy (non-hydrogen) atoms. The first kappa shape index (κ1) is 21.1. The first-order chi connectivity index (χ1) is 15.1. The molecular formula is C25H25NO4S. The molecule has 1 aliphatic heterocycles. The predicted molar refractivity (Wildman–Crippen MR) is 121 cm³/mol. The number of ether oxygens (including phenoxy) is 2. The summed E-state index contributed by atoms with van der Waals surface area (Å²) in [6.45, 7) is 0.601. The molecule has 2 heterocycles. The lowest BCUT2D eigenvalue weighted by Crippen LogP contribution is -2.40. The number of benzene rings is 2. The number of carbonyl (C=O) groups is 2. The number of rotatable bonds is 7. The quantitative estimate of drug-likeness (QED) is 0.495. The Labute approximate surface area is 186 Å². The molecule has 6 heteroatoms. The van der Waals surface area contributed by atoms with Crippen LogP contribution in [0.2, 0.25) is 0 Å². The van der Waals surface area contributed by atoms with Crippen LogP contribution in [0.3, 0.4) is 0 Å². The minimum Gasteiger partial charge on any atom is -0.493 e. The van der Waals surface area contributed by atoms with Gasteiger partial charge in [0, 0.05) is 29.8 Å². The maximum Gasteiger partial charge on any atom is 0.223 e. The van der Waals surface area contributed by atoms with Crippen molar-refractivity contribution in [1.29, 1.82) is 0 Å². The highest BCUT2D eigenvalue weighted by atomic mass is 32.1. The Bertz CT molecular complexity index is 1060. The molecule has 0 bridgehead atoms. The number of Topliss-reactive ketones (excluding diaryl/α,β-unsaturated/α-hetero) is 1. The van der Waals surface area contributed by atoms with Crippen LogP contribution in [0.15, 0.2) is 60.0 Å². The number of hydrogen-bond acceptors (Lipinski definition) is 5. The smallest absolute Gasteiger partial charge is 0.223 e. The lowest BCUT2D eigenvalue weighted by Gasteiger charge is -2.37. The molecule has 0 spiro atoms. The van der Waals surface area contributed by atoms with Crippen LogP contribution in [0, 0.1) is 0 Å². The molecule has 1 aromatic heterocycles. The van der Waals surface area contributed by atoms with Gasteiger partial charge in [-0.2, -0.15) is 0 Å². The number of nitrogens with zero attached hydrogens (tertiary/aromatic N) is 1. The molecule has 3 aromatic rings. The van der Waals surface area contributed by atoms with Crippen LogP contribution in [0.1, 0.15) is 45.2 Å². The Morgan fingerprint density at radius 1 is 1.00 bits per heavy atom. The summed E-state index contributed by atoms with van der Waals surface area (Å²) in [5, 5.41) is 2.02. The van der Waals surface area contributed by atoms with Gasteiger partial charge in [0.05, 0.1) is 20.3 Å². The van der Waals surface area contributed by atoms with E-state index in [2.05, 4.69) is 6.07 Å². The maximum atomic E-state index is 13.2. The Balaban J connectivity index is 1.60. The molecule has 160 valence electrons. The summed E-state index contributed by atoms with van der Waals surface area (Å²) in [5.74, 6) is 1.32. The van der Waals surface area contributed by atoms with E-state index in [4.69, 9.17) is 9.47 Å². The summed E-state index contributed by atoms with van der Waals surface area (Å²) in [6, 6.07) is 17.0. The molecule has 0 radical (unpaired) electrons. The van der Waals surface area contributed by atoms with Crippen LogP contribution in [0.5, 0.6) is 11.5 Å². The van der Waals surface area contributed by atoms with Crippen molar-refractivity contribution in [3.63, 3.8) is 0 Å². The van der Waals surface area contributed by atoms with Crippen molar-refractivity contribution in [2.24, 2.45) is 0 Å². The highest BCUT2D eigenvalue weighted by Gasteiger charge is 2.33. The topological polar surface area (TPSA) is 55.8 Å². The largest absolute Gasteiger partial charge is 0.493 e. The first-order valence-corrected chi connectivity index (χ1v) is 11.2. The fourth-order valence-corrected chi connectivity index (χ4v) is 4.96. The van der Waals surface area contributed by atoms with Gasteiger partial charge in [-0.25, -0.2) is 0 Å². The highest BCUT2D eigenvalue weighted by molar-refractivity contribution is 7.10. The maximum absolute atomic E-state index is 13.2. The zero-order valence-corrected chi connectivity index (χ0v) is 18.5. The summed E-state index contributed by atoms with van der Waals surface area (Å²) in [7, 11) is 3.24. The summed E-state index contributed by atoms with van der Waals surface area (Å²) >= 11 is 1.63. The fraction of sp³-hybridized carbons (Fsp3) is 0.280. The molecule has 0 saturated heterocycles. The van der Waals surface area contributed by atoms with E-state index in [1.54, 1.807) is 37.7 Å². The van der Waals surface area contributed by atoms with Crippen LogP contribution >= 0.6 is 11.3 Å². The average Bonchev–Trinajstić information content (AvgIpc) is 3.35. The Morgan fingerprint density at radius 3 is 2.42 bits per heavy atom. The van der Waals surface area contributed by atoms with E-state index in [0.717, 1.165) is 22.4 Å². The van der Waals surface area contributed by atoms with E-state index < -0.39 is 0 Å². The molecule has 0 saturated carbocycles. The van der Waals surface area contributed by atoms with Crippen molar-refractivity contribution >= 4 is 23.0 Å². The Kier molecular flexibility index (Phi) is 6.37. The van der Waals surface area contributed by atoms with E-state index in [-0.39, 0.29) is 30.6 Å². The second-order valence-corrected chi connectivity index (χ2v) is 8.43. The molecule has 1 amide bonds. The monoisotopic (exact) mass is 435 g/mol. The van der Waals surface area contributed by atoms with Crippen LogP contribution in [0.4, 0.5) is 0 Å². The third kappa shape index (κ3) is 4.35. The van der Waals surface area contributed by atoms with Gasteiger partial charge in [-0.15, -0.1) is 11.3 Å². The minimum absolute atomic E-state index is 0.00885. The van der Waals surface area contributed by atoms with Gasteiger partial charge in [-0.05, 0) is 41.1 Å². The number of ketones is 1. The second kappa shape index (κ2) is 9.35. The van der Waals surface area contributed by atoms with Gasteiger partial charge in [-0.3, -0.25) is 9.59 Å². The Hall–Kier alpha value is -3.12. The minimum atomic E-state index is -0.192. The highest BCUT2D eigenvalue weighted by Crippen LogP contribution is 2.42. The normalized spacial score (nSPS) is 15.3. The molecule has 1 atom stereocenters. The zero-order chi connectivity index (χ0) is 21.8. The molecule has 1 aliphatic rings. The van der Waals surface area contributed by atoms with Gasteiger partial charge in [-0.1, -0.05) is 36.4 Å². The number of amides is 1. The molecule has 1 unspecified atom stereocenters. The van der Waals surface area contributed by atoms with E-state index in [0.29, 0.717) is 23.6 Å². The number of carbonyl (C=O) groups excluding carboxylic acids is 2. The van der Waals surface area contributed by atoms with Crippen molar-refractivity contribution in [3.05, 3.63) is 81.5 Å². The first-order valence-electron chi connectivity index (χ1n) is 10.3. The summed E-state index contributed by atoms with van der Waals surface area (Å²) in [5.41, 5.74) is 2.85. The average molecular weight is 436 g/mol. The second-order valence-electron chi connectivity index (χ2n) is 7.45. The van der Waals surface area contributed by atoms with Crippen molar-refractivity contribution in [2.45, 2.75) is 25.3 Å². The van der Waals surface area contributed by atoms with E-state index in [1.165, 1.54) is 0 Å². The van der Waals surface area contributed by atoms with Crippen molar-refractivity contribution < 1.29 is 19.1 Å². The van der Waals surface area contributed by atoms with E-state index in [1.807, 2.05) is 46.7 Å². The standard InChI is InChI=1S/C25H25NO4S/c1-29-21-15-18-12-13-26(24(28)11-10-20(27)17-7-4-3-5-8-17)25(23-9-6-14-31-23)19(18)16-22(21)30-2/h3-9,14-16,25H,10-13H2,1-2H3. The van der Waals surface area contributed by atoms with Gasteiger partial charge in [0.2, 0.25) is 5.91 Å². The molecule has 4 rings (SSSR count). The number of hydrogen-bond donors (Lipinski definition) is 0. The Morgan fingerprint density at radius 2 is 1.74 bits per heavy atom. The third-order valence-corrected chi connectivity index (χ3v) is 6.59. The molecule has 2 aromatic carbocycles. The predicted octanol–water partition coefficient (Wildman–Crippen LogP) is 4.90. The van der Waals surface area contributed by atoms with Crippen LogP contribution < -0.4 is 9.47 Å². The SMILES string of the molecule is COc1cc2c(cc1OC)C(c1cccs1)N(C(=O)CCC(=O)c1ccccc1)CC2. The van der Waals surface area contributed by atoms with Gasteiger partial charge in [0.15, 0.2) is 17.3 Å². The summed E-state index contributed by atoms with van der Waals surface area (Å²) in [4.78, 5) is 28.7. The fourth-order valence-electron chi connectivity index (χ4n) is 4.10. The van der Waals surface area contributed by atoms with Crippen LogP contribution in [-0.4, -0.2) is 37.4 Å². The zero-order valence-electron chi connectivity index (χ0n) is 17.7. The molecule has 0 N–H and O–H groups in total. The van der Waals surface area contributed by atoms with Gasteiger partial charge in [0.1, 0.15) is 0 Å². The summed E-state index contributed by atoms with van der Waals surface area (Å²) < 4.78 is 11.0. The number of fused-ring (bicyclic) bond motifs is 1. The summed E-state index contributed by atoms with van der Waals surface area (Å²) in [6.07, 6.45) is 1.13. The van der Waals surface area contributed by atoms with Gasteiger partial charge < -0.3 is 14.4 Å². The lowest BCUT2D eigenvalue weighted by molar-refractivity contribution is -0.133. The third-order valence-electron chi connectivity index (χ3n) is 5.67. The van der Waals surface area contributed by atoms with Gasteiger partial charge in [0.25, 0.3) is 0 Å². The molecular weight excluding hydrogens is 410 g/mol. The number of methoxy groups -OCH3 is 2. The molecule has 0 aliphatic carbocycles. The van der Waals surface area contributed by atoms with Crippen LogP contribution in [-0.2, 0) is 11.2 Å². The lowest BCUT2D eigenvalue weighted by atomic mass is 9.90. The number of thiophene rings is 1. The van der Waals surface area contributed by atoms with E-state index >= 15 is 0 Å². The molecule has 5 nitrogen and oxygen atoms in total. The van der Waals surface area contributed by atoms with Gasteiger partial charge >= 0.3 is 0 Å². The van der Waals surface area contributed by atoms with Crippen LogP contribution in [0.25, 0.3) is 0 Å². The van der Waals surface area contributed by atoms with Crippen molar-refractivity contribution in [1.82, 2.24) is 4.90 Å². The van der Waals surface area contributed by atoms with Crippen molar-refractivity contribution in [3.8, 4) is 11.5 Å². The van der Waals surface area contributed by atoms with Crippen molar-refractivity contribution in [2.75, 3.05) is 20.8 Å². The molecule has 0 fully saturated rings.